The molecule has 0 saturated carbocycles. The number of hydrogen-bond acceptors (Lipinski definition) is 3. The molecule has 1 unspecified atom stereocenters. The summed E-state index contributed by atoms with van der Waals surface area (Å²) in [5, 5.41) is 12.0. The first-order chi connectivity index (χ1) is 7.50. The molecule has 0 amide bonds. The maximum atomic E-state index is 10.7. The van der Waals surface area contributed by atoms with Crippen molar-refractivity contribution < 1.29 is 9.90 Å². The first-order valence-corrected chi connectivity index (χ1v) is 5.44. The number of rotatable bonds is 5. The van der Waals surface area contributed by atoms with E-state index >= 15 is 0 Å². The van der Waals surface area contributed by atoms with E-state index in [4.69, 9.17) is 5.11 Å². The van der Waals surface area contributed by atoms with Crippen molar-refractivity contribution in [1.29, 1.82) is 0 Å². The summed E-state index contributed by atoms with van der Waals surface area (Å²) < 4.78 is 0. The third-order valence-electron chi connectivity index (χ3n) is 2.75. The summed E-state index contributed by atoms with van der Waals surface area (Å²) in [5.41, 5.74) is 0.259. The van der Waals surface area contributed by atoms with E-state index in [1.807, 2.05) is 0 Å². The molecule has 0 aliphatic carbocycles. The molecular formula is C12H18N2O2. The van der Waals surface area contributed by atoms with E-state index in [-0.39, 0.29) is 5.56 Å². The van der Waals surface area contributed by atoms with Crippen molar-refractivity contribution in [1.82, 2.24) is 4.98 Å². The van der Waals surface area contributed by atoms with Crippen molar-refractivity contribution in [2.24, 2.45) is 11.8 Å². The highest BCUT2D eigenvalue weighted by atomic mass is 16.4. The Labute approximate surface area is 95.7 Å². The van der Waals surface area contributed by atoms with Gasteiger partial charge in [-0.15, -0.1) is 0 Å². The fourth-order valence-corrected chi connectivity index (χ4v) is 1.16. The number of aromatic carboxylic acids is 1. The molecule has 0 aromatic carbocycles. The molecule has 88 valence electrons. The van der Waals surface area contributed by atoms with Crippen LogP contribution in [0, 0.1) is 11.8 Å². The highest BCUT2D eigenvalue weighted by molar-refractivity contribution is 5.88. The lowest BCUT2D eigenvalue weighted by Gasteiger charge is -2.16. The molecule has 1 aromatic rings. The number of carbonyl (C=O) groups is 1. The van der Waals surface area contributed by atoms with Crippen LogP contribution in [0.1, 0.15) is 31.1 Å². The maximum Gasteiger partial charge on any atom is 0.335 e. The van der Waals surface area contributed by atoms with Crippen molar-refractivity contribution in [2.45, 2.75) is 20.8 Å². The van der Waals surface area contributed by atoms with E-state index < -0.39 is 5.97 Å². The minimum atomic E-state index is -0.928. The number of pyridine rings is 1. The van der Waals surface area contributed by atoms with Gasteiger partial charge in [-0.2, -0.15) is 0 Å². The molecule has 4 nitrogen and oxygen atoms in total. The summed E-state index contributed by atoms with van der Waals surface area (Å²) in [6.45, 7) is 7.27. The van der Waals surface area contributed by atoms with E-state index in [0.717, 1.165) is 6.54 Å². The minimum Gasteiger partial charge on any atom is -0.478 e. The van der Waals surface area contributed by atoms with Crippen molar-refractivity contribution in [2.75, 3.05) is 11.9 Å². The summed E-state index contributed by atoms with van der Waals surface area (Å²) in [6, 6.07) is 3.04. The largest absolute Gasteiger partial charge is 0.478 e. The summed E-state index contributed by atoms with van der Waals surface area (Å²) >= 11 is 0. The molecule has 0 radical (unpaired) electrons. The lowest BCUT2D eigenvalue weighted by molar-refractivity contribution is 0.0697. The standard InChI is InChI=1S/C12H18N2O2/c1-8(2)9(3)7-14-11-6-10(12(15)16)4-5-13-11/h4-6,8-9H,7H2,1-3H3,(H,13,14)(H,15,16). The summed E-state index contributed by atoms with van der Waals surface area (Å²) in [6.07, 6.45) is 1.51. The molecule has 1 aromatic heterocycles. The van der Waals surface area contributed by atoms with Gasteiger partial charge >= 0.3 is 5.97 Å². The monoisotopic (exact) mass is 222 g/mol. The van der Waals surface area contributed by atoms with Gasteiger partial charge in [0, 0.05) is 12.7 Å². The second-order valence-electron chi connectivity index (χ2n) is 4.34. The van der Waals surface area contributed by atoms with Crippen LogP contribution in [0.5, 0.6) is 0 Å². The Balaban J connectivity index is 2.61. The lowest BCUT2D eigenvalue weighted by atomic mass is 9.98. The van der Waals surface area contributed by atoms with Crippen LogP contribution in [0.2, 0.25) is 0 Å². The Bertz CT molecular complexity index is 364. The van der Waals surface area contributed by atoms with E-state index in [1.54, 1.807) is 6.07 Å². The molecule has 1 rings (SSSR count). The number of nitrogens with zero attached hydrogens (tertiary/aromatic N) is 1. The zero-order valence-electron chi connectivity index (χ0n) is 9.90. The number of nitrogens with one attached hydrogen (secondary N) is 1. The normalized spacial score (nSPS) is 12.5. The van der Waals surface area contributed by atoms with Crippen LogP contribution in [0.3, 0.4) is 0 Å². The summed E-state index contributed by atoms with van der Waals surface area (Å²) in [7, 11) is 0. The van der Waals surface area contributed by atoms with Gasteiger partial charge in [-0.25, -0.2) is 9.78 Å². The van der Waals surface area contributed by atoms with Crippen molar-refractivity contribution in [3.05, 3.63) is 23.9 Å². The van der Waals surface area contributed by atoms with Crippen molar-refractivity contribution in [3.63, 3.8) is 0 Å². The van der Waals surface area contributed by atoms with Gasteiger partial charge < -0.3 is 10.4 Å². The van der Waals surface area contributed by atoms with Crippen LogP contribution in [0.4, 0.5) is 5.82 Å². The lowest BCUT2D eigenvalue weighted by Crippen LogP contribution is -2.17. The molecular weight excluding hydrogens is 204 g/mol. The van der Waals surface area contributed by atoms with Crippen LogP contribution < -0.4 is 5.32 Å². The topological polar surface area (TPSA) is 62.2 Å². The molecule has 1 atom stereocenters. The highest BCUT2D eigenvalue weighted by Crippen LogP contribution is 2.12. The molecule has 0 aliphatic rings. The predicted molar refractivity (Wildman–Crippen MR) is 63.7 cm³/mol. The average molecular weight is 222 g/mol. The number of carboxylic acid groups (broad SMARTS) is 1. The third kappa shape index (κ3) is 3.53. The van der Waals surface area contributed by atoms with Gasteiger partial charge in [-0.05, 0) is 24.0 Å². The Kier molecular flexibility index (Phi) is 4.28. The van der Waals surface area contributed by atoms with Gasteiger partial charge in [0.15, 0.2) is 0 Å². The SMILES string of the molecule is CC(C)C(C)CNc1cc(C(=O)O)ccn1. The zero-order valence-corrected chi connectivity index (χ0v) is 9.90. The van der Waals surface area contributed by atoms with E-state index in [2.05, 4.69) is 31.1 Å². The van der Waals surface area contributed by atoms with Gasteiger partial charge in [0.05, 0.1) is 5.56 Å². The zero-order chi connectivity index (χ0) is 12.1. The Morgan fingerprint density at radius 1 is 1.50 bits per heavy atom. The predicted octanol–water partition coefficient (Wildman–Crippen LogP) is 2.48. The minimum absolute atomic E-state index is 0.259. The molecule has 0 fully saturated rings. The van der Waals surface area contributed by atoms with E-state index in [1.165, 1.54) is 12.3 Å². The summed E-state index contributed by atoms with van der Waals surface area (Å²) in [5.74, 6) is 0.806. The molecule has 1 heterocycles. The smallest absolute Gasteiger partial charge is 0.335 e. The number of hydrogen-bond donors (Lipinski definition) is 2. The van der Waals surface area contributed by atoms with Crippen LogP contribution in [-0.4, -0.2) is 22.6 Å². The first kappa shape index (κ1) is 12.5. The van der Waals surface area contributed by atoms with Gasteiger partial charge in [-0.3, -0.25) is 0 Å². The molecule has 0 spiro atoms. The van der Waals surface area contributed by atoms with Gasteiger partial charge in [0.25, 0.3) is 0 Å². The average Bonchev–Trinajstić information content (AvgIpc) is 2.26. The fourth-order valence-electron chi connectivity index (χ4n) is 1.16. The van der Waals surface area contributed by atoms with Crippen molar-refractivity contribution in [3.8, 4) is 0 Å². The quantitative estimate of drug-likeness (QED) is 0.803. The number of aromatic nitrogens is 1. The number of anilines is 1. The Morgan fingerprint density at radius 3 is 2.75 bits per heavy atom. The van der Waals surface area contributed by atoms with E-state index in [9.17, 15) is 4.79 Å². The second kappa shape index (κ2) is 5.49. The second-order valence-corrected chi connectivity index (χ2v) is 4.34. The molecule has 2 N–H and O–H groups in total. The molecule has 0 saturated heterocycles. The maximum absolute atomic E-state index is 10.7. The highest BCUT2D eigenvalue weighted by Gasteiger charge is 2.08. The van der Waals surface area contributed by atoms with Gasteiger partial charge in [0.2, 0.25) is 0 Å². The van der Waals surface area contributed by atoms with E-state index in [0.29, 0.717) is 17.7 Å². The molecule has 0 aliphatic heterocycles. The van der Waals surface area contributed by atoms with Crippen LogP contribution in [0.25, 0.3) is 0 Å². The van der Waals surface area contributed by atoms with Crippen LogP contribution in [0.15, 0.2) is 18.3 Å². The van der Waals surface area contributed by atoms with Crippen LogP contribution in [-0.2, 0) is 0 Å². The molecule has 0 bridgehead atoms. The first-order valence-electron chi connectivity index (χ1n) is 5.44. The van der Waals surface area contributed by atoms with Crippen molar-refractivity contribution >= 4 is 11.8 Å². The summed E-state index contributed by atoms with van der Waals surface area (Å²) in [4.78, 5) is 14.8. The third-order valence-corrected chi connectivity index (χ3v) is 2.75. The van der Waals surface area contributed by atoms with Gasteiger partial charge in [-0.1, -0.05) is 20.8 Å². The Morgan fingerprint density at radius 2 is 2.19 bits per heavy atom. The Hall–Kier alpha value is -1.58. The number of carboxylic acids is 1. The fraction of sp³-hybridized carbons (Fsp3) is 0.500. The molecule has 4 heteroatoms. The molecule has 16 heavy (non-hydrogen) atoms. The van der Waals surface area contributed by atoms with Crippen LogP contribution >= 0.6 is 0 Å². The van der Waals surface area contributed by atoms with Gasteiger partial charge in [0.1, 0.15) is 5.82 Å².